The van der Waals surface area contributed by atoms with Crippen molar-refractivity contribution in [3.8, 4) is 0 Å². The molecule has 0 aromatic rings. The lowest BCUT2D eigenvalue weighted by atomic mass is 10.1. The zero-order chi connectivity index (χ0) is 9.45. The van der Waals surface area contributed by atoms with Crippen LogP contribution in [0.25, 0.3) is 0 Å². The fraction of sp³-hybridized carbons (Fsp3) is 1.00. The number of rotatable bonds is 7. The standard InChI is InChI=1S/C10H22O2/c1-5-6-7-8-9-10(2,11-3)12-4/h5-9H2,1-4H3. The Hall–Kier alpha value is -0.0800. The molecule has 0 radical (unpaired) electrons. The van der Waals surface area contributed by atoms with Crippen molar-refractivity contribution in [2.75, 3.05) is 14.2 Å². The van der Waals surface area contributed by atoms with Gasteiger partial charge < -0.3 is 9.47 Å². The second kappa shape index (κ2) is 6.44. The van der Waals surface area contributed by atoms with Crippen molar-refractivity contribution in [3.05, 3.63) is 0 Å². The molecule has 0 aromatic heterocycles. The summed E-state index contributed by atoms with van der Waals surface area (Å²) in [6.45, 7) is 4.20. The predicted octanol–water partition coefficient (Wildman–Crippen LogP) is 2.97. The molecule has 12 heavy (non-hydrogen) atoms. The number of hydrogen-bond acceptors (Lipinski definition) is 2. The fourth-order valence-corrected chi connectivity index (χ4v) is 1.16. The van der Waals surface area contributed by atoms with Gasteiger partial charge in [0.15, 0.2) is 5.79 Å². The summed E-state index contributed by atoms with van der Waals surface area (Å²) in [5, 5.41) is 0. The van der Waals surface area contributed by atoms with Crippen molar-refractivity contribution in [1.82, 2.24) is 0 Å². The highest BCUT2D eigenvalue weighted by atomic mass is 16.7. The summed E-state index contributed by atoms with van der Waals surface area (Å²) in [6.07, 6.45) is 6.03. The van der Waals surface area contributed by atoms with Gasteiger partial charge in [0.05, 0.1) is 0 Å². The van der Waals surface area contributed by atoms with Crippen molar-refractivity contribution in [2.24, 2.45) is 0 Å². The van der Waals surface area contributed by atoms with Gasteiger partial charge in [0.25, 0.3) is 0 Å². The van der Waals surface area contributed by atoms with E-state index < -0.39 is 0 Å². The maximum absolute atomic E-state index is 5.24. The molecular formula is C10H22O2. The second-order valence-electron chi connectivity index (χ2n) is 3.35. The monoisotopic (exact) mass is 174 g/mol. The van der Waals surface area contributed by atoms with E-state index in [1.54, 1.807) is 14.2 Å². The third-order valence-corrected chi connectivity index (χ3v) is 2.35. The first-order valence-electron chi connectivity index (χ1n) is 4.79. The molecular weight excluding hydrogens is 152 g/mol. The zero-order valence-corrected chi connectivity index (χ0v) is 8.85. The van der Waals surface area contributed by atoms with Crippen LogP contribution in [-0.2, 0) is 9.47 Å². The SMILES string of the molecule is CCCCCCC(C)(OC)OC. The van der Waals surface area contributed by atoms with E-state index in [1.807, 2.05) is 6.92 Å². The summed E-state index contributed by atoms with van der Waals surface area (Å²) in [4.78, 5) is 0. The summed E-state index contributed by atoms with van der Waals surface area (Å²) in [6, 6.07) is 0. The van der Waals surface area contributed by atoms with E-state index in [2.05, 4.69) is 6.92 Å². The smallest absolute Gasteiger partial charge is 0.164 e. The molecule has 0 bridgehead atoms. The molecule has 0 N–H and O–H groups in total. The molecule has 0 saturated carbocycles. The van der Waals surface area contributed by atoms with Crippen LogP contribution in [0.3, 0.4) is 0 Å². The third-order valence-electron chi connectivity index (χ3n) is 2.35. The molecule has 0 aliphatic heterocycles. The Morgan fingerprint density at radius 1 is 1.00 bits per heavy atom. The molecule has 0 rings (SSSR count). The Morgan fingerprint density at radius 3 is 2.00 bits per heavy atom. The van der Waals surface area contributed by atoms with E-state index in [1.165, 1.54) is 25.7 Å². The maximum Gasteiger partial charge on any atom is 0.164 e. The summed E-state index contributed by atoms with van der Waals surface area (Å²) < 4.78 is 10.5. The van der Waals surface area contributed by atoms with Crippen molar-refractivity contribution in [2.45, 2.75) is 51.7 Å². The first-order valence-corrected chi connectivity index (χ1v) is 4.79. The van der Waals surface area contributed by atoms with Crippen LogP contribution in [0.1, 0.15) is 46.0 Å². The van der Waals surface area contributed by atoms with Gasteiger partial charge in [-0.2, -0.15) is 0 Å². The zero-order valence-electron chi connectivity index (χ0n) is 8.85. The van der Waals surface area contributed by atoms with Gasteiger partial charge in [0.2, 0.25) is 0 Å². The van der Waals surface area contributed by atoms with Crippen LogP contribution in [0.5, 0.6) is 0 Å². The molecule has 0 aliphatic rings. The third kappa shape index (κ3) is 4.73. The molecule has 2 nitrogen and oxygen atoms in total. The van der Waals surface area contributed by atoms with Crippen LogP contribution in [0.15, 0.2) is 0 Å². The van der Waals surface area contributed by atoms with Gasteiger partial charge in [-0.05, 0) is 13.3 Å². The van der Waals surface area contributed by atoms with Gasteiger partial charge in [-0.15, -0.1) is 0 Å². The Bertz CT molecular complexity index is 98.0. The number of unbranched alkanes of at least 4 members (excludes halogenated alkanes) is 3. The quantitative estimate of drug-likeness (QED) is 0.436. The Labute approximate surface area is 76.3 Å². The second-order valence-corrected chi connectivity index (χ2v) is 3.35. The van der Waals surface area contributed by atoms with Gasteiger partial charge in [-0.3, -0.25) is 0 Å². The molecule has 0 heterocycles. The molecule has 0 atom stereocenters. The van der Waals surface area contributed by atoms with Crippen molar-refractivity contribution in [1.29, 1.82) is 0 Å². The lowest BCUT2D eigenvalue weighted by molar-refractivity contribution is -0.197. The van der Waals surface area contributed by atoms with Crippen LogP contribution in [0.2, 0.25) is 0 Å². The number of hydrogen-bond donors (Lipinski definition) is 0. The van der Waals surface area contributed by atoms with E-state index in [4.69, 9.17) is 9.47 Å². The highest BCUT2D eigenvalue weighted by molar-refractivity contribution is 4.61. The molecule has 0 fully saturated rings. The lowest BCUT2D eigenvalue weighted by Crippen LogP contribution is -2.29. The van der Waals surface area contributed by atoms with Crippen molar-refractivity contribution >= 4 is 0 Å². The van der Waals surface area contributed by atoms with Crippen LogP contribution >= 0.6 is 0 Å². The number of ether oxygens (including phenoxy) is 2. The average molecular weight is 174 g/mol. The molecule has 2 heteroatoms. The first kappa shape index (κ1) is 11.9. The van der Waals surface area contributed by atoms with E-state index in [-0.39, 0.29) is 5.79 Å². The Kier molecular flexibility index (Phi) is 6.39. The van der Waals surface area contributed by atoms with Gasteiger partial charge in [0.1, 0.15) is 0 Å². The fourth-order valence-electron chi connectivity index (χ4n) is 1.16. The van der Waals surface area contributed by atoms with Gasteiger partial charge in [-0.1, -0.05) is 26.2 Å². The Balaban J connectivity index is 3.45. The van der Waals surface area contributed by atoms with Crippen LogP contribution in [-0.4, -0.2) is 20.0 Å². The molecule has 74 valence electrons. The van der Waals surface area contributed by atoms with Crippen LogP contribution in [0.4, 0.5) is 0 Å². The predicted molar refractivity (Wildman–Crippen MR) is 51.2 cm³/mol. The maximum atomic E-state index is 5.24. The van der Waals surface area contributed by atoms with E-state index >= 15 is 0 Å². The summed E-state index contributed by atoms with van der Waals surface area (Å²) in [5.74, 6) is -0.367. The largest absolute Gasteiger partial charge is 0.353 e. The van der Waals surface area contributed by atoms with E-state index in [0.29, 0.717) is 0 Å². The van der Waals surface area contributed by atoms with Crippen LogP contribution < -0.4 is 0 Å². The van der Waals surface area contributed by atoms with Crippen LogP contribution in [0, 0.1) is 0 Å². The molecule has 0 spiro atoms. The lowest BCUT2D eigenvalue weighted by Gasteiger charge is -2.26. The highest BCUT2D eigenvalue weighted by Crippen LogP contribution is 2.19. The minimum absolute atomic E-state index is 0.367. The summed E-state index contributed by atoms with van der Waals surface area (Å²) in [5.41, 5.74) is 0. The average Bonchev–Trinajstić information content (AvgIpc) is 2.12. The van der Waals surface area contributed by atoms with E-state index in [9.17, 15) is 0 Å². The molecule has 0 saturated heterocycles. The summed E-state index contributed by atoms with van der Waals surface area (Å²) in [7, 11) is 3.40. The van der Waals surface area contributed by atoms with Gasteiger partial charge >= 0.3 is 0 Å². The van der Waals surface area contributed by atoms with E-state index in [0.717, 1.165) is 6.42 Å². The minimum atomic E-state index is -0.367. The topological polar surface area (TPSA) is 18.5 Å². The molecule has 0 amide bonds. The Morgan fingerprint density at radius 2 is 1.58 bits per heavy atom. The van der Waals surface area contributed by atoms with Gasteiger partial charge in [-0.25, -0.2) is 0 Å². The normalized spacial score (nSPS) is 12.0. The van der Waals surface area contributed by atoms with Crippen molar-refractivity contribution in [3.63, 3.8) is 0 Å². The number of methoxy groups -OCH3 is 2. The molecule has 0 aliphatic carbocycles. The minimum Gasteiger partial charge on any atom is -0.353 e. The van der Waals surface area contributed by atoms with Crippen molar-refractivity contribution < 1.29 is 9.47 Å². The molecule has 0 unspecified atom stereocenters. The summed E-state index contributed by atoms with van der Waals surface area (Å²) >= 11 is 0. The highest BCUT2D eigenvalue weighted by Gasteiger charge is 2.21. The molecule has 0 aromatic carbocycles. The first-order chi connectivity index (χ1) is 5.68. The van der Waals surface area contributed by atoms with Gasteiger partial charge in [0, 0.05) is 20.6 Å².